The Labute approximate surface area is 109 Å². The Balaban J connectivity index is 1.40. The van der Waals surface area contributed by atoms with E-state index in [1.54, 1.807) is 0 Å². The second-order valence-corrected chi connectivity index (χ2v) is 5.25. The van der Waals surface area contributed by atoms with Gasteiger partial charge in [-0.2, -0.15) is 0 Å². The number of hydrogen-bond acceptors (Lipinski definition) is 4. The predicted molar refractivity (Wildman–Crippen MR) is 70.5 cm³/mol. The summed E-state index contributed by atoms with van der Waals surface area (Å²) in [4.78, 5) is 13.9. The highest BCUT2D eigenvalue weighted by Gasteiger charge is 2.21. The number of carbonyl (C=O) groups excluding carboxylic acids is 1. The number of nitrogens with zero attached hydrogens (tertiary/aromatic N) is 1. The third kappa shape index (κ3) is 5.80. The van der Waals surface area contributed by atoms with E-state index in [1.165, 1.54) is 12.8 Å². The topological polar surface area (TPSA) is 53.6 Å². The van der Waals surface area contributed by atoms with E-state index in [0.29, 0.717) is 0 Å². The summed E-state index contributed by atoms with van der Waals surface area (Å²) in [6, 6.07) is 0. The van der Waals surface area contributed by atoms with Crippen LogP contribution < -0.4 is 10.6 Å². The zero-order chi connectivity index (χ0) is 12.6. The Hall–Kier alpha value is -0.650. The zero-order valence-corrected chi connectivity index (χ0v) is 11.1. The van der Waals surface area contributed by atoms with Gasteiger partial charge in [0.2, 0.25) is 5.91 Å². The molecule has 2 rings (SSSR count). The maximum Gasteiger partial charge on any atom is 0.245 e. The van der Waals surface area contributed by atoms with Crippen molar-refractivity contribution >= 4 is 5.91 Å². The van der Waals surface area contributed by atoms with Gasteiger partial charge < -0.3 is 20.3 Å². The van der Waals surface area contributed by atoms with Gasteiger partial charge in [0.1, 0.15) is 6.61 Å². The molecule has 1 aliphatic heterocycles. The van der Waals surface area contributed by atoms with E-state index in [2.05, 4.69) is 15.5 Å². The molecule has 0 atom stereocenters. The third-order valence-corrected chi connectivity index (χ3v) is 3.47. The van der Waals surface area contributed by atoms with E-state index >= 15 is 0 Å². The largest absolute Gasteiger partial charge is 0.371 e. The molecule has 2 N–H and O–H groups in total. The molecule has 104 valence electrons. The van der Waals surface area contributed by atoms with Gasteiger partial charge in [-0.3, -0.25) is 4.79 Å². The summed E-state index contributed by atoms with van der Waals surface area (Å²) in [5.41, 5.74) is 0. The van der Waals surface area contributed by atoms with E-state index in [1.807, 2.05) is 0 Å². The summed E-state index contributed by atoms with van der Waals surface area (Å²) in [5, 5.41) is 6.24. The molecule has 5 nitrogen and oxygen atoms in total. The van der Waals surface area contributed by atoms with Gasteiger partial charge in [-0.05, 0) is 31.7 Å². The smallest absolute Gasteiger partial charge is 0.245 e. The maximum absolute atomic E-state index is 11.4. The molecule has 0 aromatic heterocycles. The van der Waals surface area contributed by atoms with Crippen molar-refractivity contribution in [3.63, 3.8) is 0 Å². The van der Waals surface area contributed by atoms with Crippen molar-refractivity contribution in [2.24, 2.45) is 5.92 Å². The molecule has 0 aromatic carbocycles. The van der Waals surface area contributed by atoms with Crippen LogP contribution in [0.4, 0.5) is 0 Å². The van der Waals surface area contributed by atoms with Gasteiger partial charge in [-0.25, -0.2) is 0 Å². The van der Waals surface area contributed by atoms with Crippen LogP contribution in [-0.4, -0.2) is 63.3 Å². The number of carbonyl (C=O) groups is 1. The average molecular weight is 255 g/mol. The lowest BCUT2D eigenvalue weighted by atomic mass is 10.3. The van der Waals surface area contributed by atoms with Crippen molar-refractivity contribution in [2.75, 3.05) is 52.5 Å². The standard InChI is InChI=1S/C13H25N3O2/c17-13(11-18-10-12-2-3-12)15-4-1-7-16-8-5-14-6-9-16/h12,14H,1-11H2,(H,15,17). The van der Waals surface area contributed by atoms with Crippen molar-refractivity contribution in [3.05, 3.63) is 0 Å². The summed E-state index contributed by atoms with van der Waals surface area (Å²) >= 11 is 0. The molecule has 0 spiro atoms. The fraction of sp³-hybridized carbons (Fsp3) is 0.923. The Morgan fingerprint density at radius 2 is 2.11 bits per heavy atom. The Morgan fingerprint density at radius 3 is 2.83 bits per heavy atom. The van der Waals surface area contributed by atoms with Gasteiger partial charge in [0.25, 0.3) is 0 Å². The van der Waals surface area contributed by atoms with Crippen LogP contribution in [0, 0.1) is 5.92 Å². The lowest BCUT2D eigenvalue weighted by molar-refractivity contribution is -0.125. The minimum absolute atomic E-state index is 0.0240. The second-order valence-electron chi connectivity index (χ2n) is 5.25. The molecule has 0 unspecified atom stereocenters. The van der Waals surface area contributed by atoms with Gasteiger partial charge in [0, 0.05) is 32.7 Å². The van der Waals surface area contributed by atoms with Crippen molar-refractivity contribution in [1.29, 1.82) is 0 Å². The fourth-order valence-corrected chi connectivity index (χ4v) is 2.12. The summed E-state index contributed by atoms with van der Waals surface area (Å²) < 4.78 is 5.34. The van der Waals surface area contributed by atoms with Crippen molar-refractivity contribution in [2.45, 2.75) is 19.3 Å². The summed E-state index contributed by atoms with van der Waals surface area (Å²) in [5.74, 6) is 0.751. The monoisotopic (exact) mass is 255 g/mol. The minimum atomic E-state index is 0.0240. The van der Waals surface area contributed by atoms with Crippen LogP contribution in [0.15, 0.2) is 0 Å². The van der Waals surface area contributed by atoms with Crippen LogP contribution in [0.2, 0.25) is 0 Å². The van der Waals surface area contributed by atoms with Crippen molar-refractivity contribution < 1.29 is 9.53 Å². The molecule has 1 saturated carbocycles. The van der Waals surface area contributed by atoms with Crippen LogP contribution in [0.1, 0.15) is 19.3 Å². The fourth-order valence-electron chi connectivity index (χ4n) is 2.12. The summed E-state index contributed by atoms with van der Waals surface area (Å²) in [7, 11) is 0. The summed E-state index contributed by atoms with van der Waals surface area (Å²) in [6.45, 7) is 7.23. The maximum atomic E-state index is 11.4. The molecule has 1 aliphatic carbocycles. The Morgan fingerprint density at radius 1 is 1.33 bits per heavy atom. The number of rotatable bonds is 8. The number of ether oxygens (including phenoxy) is 1. The molecule has 5 heteroatoms. The van der Waals surface area contributed by atoms with E-state index in [9.17, 15) is 4.79 Å². The quantitative estimate of drug-likeness (QED) is 0.591. The average Bonchev–Trinajstić information content (AvgIpc) is 3.20. The summed E-state index contributed by atoms with van der Waals surface area (Å²) in [6.07, 6.45) is 3.56. The SMILES string of the molecule is O=C(COCC1CC1)NCCCN1CCNCC1. The van der Waals surface area contributed by atoms with Gasteiger partial charge in [0.05, 0.1) is 6.61 Å². The first kappa shape index (κ1) is 13.8. The first-order chi connectivity index (χ1) is 8.84. The molecule has 1 heterocycles. The second kappa shape index (κ2) is 7.71. The molecule has 2 fully saturated rings. The highest BCUT2D eigenvalue weighted by Crippen LogP contribution is 2.28. The molecule has 0 radical (unpaired) electrons. The molecule has 18 heavy (non-hydrogen) atoms. The predicted octanol–water partition coefficient (Wildman–Crippen LogP) is -0.175. The molecule has 0 aromatic rings. The third-order valence-electron chi connectivity index (χ3n) is 3.47. The van der Waals surface area contributed by atoms with Crippen LogP contribution in [-0.2, 0) is 9.53 Å². The Kier molecular flexibility index (Phi) is 5.90. The minimum Gasteiger partial charge on any atom is -0.371 e. The van der Waals surface area contributed by atoms with E-state index < -0.39 is 0 Å². The van der Waals surface area contributed by atoms with Crippen LogP contribution >= 0.6 is 0 Å². The number of nitrogens with one attached hydrogen (secondary N) is 2. The molecular weight excluding hydrogens is 230 g/mol. The zero-order valence-electron chi connectivity index (χ0n) is 11.1. The Bertz CT molecular complexity index is 251. The number of piperazine rings is 1. The normalized spacial score (nSPS) is 20.9. The molecule has 2 aliphatic rings. The van der Waals surface area contributed by atoms with E-state index in [-0.39, 0.29) is 12.5 Å². The highest BCUT2D eigenvalue weighted by molar-refractivity contribution is 5.77. The molecular formula is C13H25N3O2. The van der Waals surface area contributed by atoms with Crippen molar-refractivity contribution in [3.8, 4) is 0 Å². The highest BCUT2D eigenvalue weighted by atomic mass is 16.5. The number of amides is 1. The lowest BCUT2D eigenvalue weighted by Crippen LogP contribution is -2.44. The molecule has 0 bridgehead atoms. The van der Waals surface area contributed by atoms with E-state index in [4.69, 9.17) is 4.74 Å². The van der Waals surface area contributed by atoms with Gasteiger partial charge >= 0.3 is 0 Å². The van der Waals surface area contributed by atoms with Crippen LogP contribution in [0.3, 0.4) is 0 Å². The van der Waals surface area contributed by atoms with Gasteiger partial charge in [-0.15, -0.1) is 0 Å². The first-order valence-electron chi connectivity index (χ1n) is 7.12. The molecule has 1 saturated heterocycles. The van der Waals surface area contributed by atoms with Crippen LogP contribution in [0.25, 0.3) is 0 Å². The van der Waals surface area contributed by atoms with Crippen LogP contribution in [0.5, 0.6) is 0 Å². The van der Waals surface area contributed by atoms with Gasteiger partial charge in [0.15, 0.2) is 0 Å². The first-order valence-corrected chi connectivity index (χ1v) is 7.12. The molecule has 1 amide bonds. The van der Waals surface area contributed by atoms with Gasteiger partial charge in [-0.1, -0.05) is 0 Å². The van der Waals surface area contributed by atoms with Crippen molar-refractivity contribution in [1.82, 2.24) is 15.5 Å². The number of hydrogen-bond donors (Lipinski definition) is 2. The lowest BCUT2D eigenvalue weighted by Gasteiger charge is -2.27. The van der Waals surface area contributed by atoms with E-state index in [0.717, 1.165) is 58.2 Å².